The van der Waals surface area contributed by atoms with E-state index in [0.29, 0.717) is 17.7 Å². The van der Waals surface area contributed by atoms with Gasteiger partial charge in [0.15, 0.2) is 5.11 Å². The van der Waals surface area contributed by atoms with Crippen molar-refractivity contribution >= 4 is 45.7 Å². The Morgan fingerprint density at radius 1 is 1.05 bits per heavy atom. The van der Waals surface area contributed by atoms with E-state index < -0.39 is 0 Å². The fourth-order valence-corrected chi connectivity index (χ4v) is 5.02. The number of hydrogen-bond acceptors (Lipinski definition) is 6. The van der Waals surface area contributed by atoms with E-state index in [1.807, 2.05) is 43.4 Å². The molecular formula is C28H33FN8S. The van der Waals surface area contributed by atoms with Gasteiger partial charge in [-0.2, -0.15) is 0 Å². The summed E-state index contributed by atoms with van der Waals surface area (Å²) in [7, 11) is 1.87. The molecule has 198 valence electrons. The third-order valence-corrected chi connectivity index (χ3v) is 7.13. The second kappa shape index (κ2) is 12.2. The zero-order valence-corrected chi connectivity index (χ0v) is 22.3. The Morgan fingerprint density at radius 3 is 2.63 bits per heavy atom. The van der Waals surface area contributed by atoms with Gasteiger partial charge in [0.1, 0.15) is 5.82 Å². The van der Waals surface area contributed by atoms with Crippen LogP contribution >= 0.6 is 12.2 Å². The van der Waals surface area contributed by atoms with Crippen molar-refractivity contribution in [3.05, 3.63) is 78.4 Å². The van der Waals surface area contributed by atoms with Crippen LogP contribution < -0.4 is 21.3 Å². The Hall–Kier alpha value is -3.76. The van der Waals surface area contributed by atoms with Crippen LogP contribution in [0, 0.1) is 5.82 Å². The fraction of sp³-hybridized carbons (Fsp3) is 0.321. The number of piperidine rings is 1. The largest absolute Gasteiger partial charge is 0.386 e. The predicted octanol–water partition coefficient (Wildman–Crippen LogP) is 4.52. The lowest BCUT2D eigenvalue weighted by Gasteiger charge is -2.32. The summed E-state index contributed by atoms with van der Waals surface area (Å²) in [5.41, 5.74) is 4.87. The molecule has 1 aliphatic rings. The van der Waals surface area contributed by atoms with Crippen molar-refractivity contribution in [2.45, 2.75) is 25.4 Å². The monoisotopic (exact) mass is 532 g/mol. The molecule has 38 heavy (non-hydrogen) atoms. The zero-order chi connectivity index (χ0) is 26.3. The van der Waals surface area contributed by atoms with E-state index in [-0.39, 0.29) is 5.82 Å². The fourth-order valence-electron chi connectivity index (χ4n) is 4.81. The van der Waals surface area contributed by atoms with E-state index in [4.69, 9.17) is 17.2 Å². The number of thiocarbonyl (C=S) groups is 1. The number of anilines is 3. The first-order valence-corrected chi connectivity index (χ1v) is 13.3. The van der Waals surface area contributed by atoms with Crippen LogP contribution in [0.2, 0.25) is 0 Å². The molecule has 8 nitrogen and oxygen atoms in total. The van der Waals surface area contributed by atoms with Gasteiger partial charge in [0.05, 0.1) is 35.1 Å². The van der Waals surface area contributed by atoms with Gasteiger partial charge in [-0.3, -0.25) is 4.98 Å². The molecule has 0 aliphatic carbocycles. The number of halogens is 1. The van der Waals surface area contributed by atoms with Crippen LogP contribution in [0.3, 0.4) is 0 Å². The molecule has 0 bridgehead atoms. The Balaban J connectivity index is 1.12. The van der Waals surface area contributed by atoms with Crippen molar-refractivity contribution in [2.24, 2.45) is 0 Å². The summed E-state index contributed by atoms with van der Waals surface area (Å²) in [6.45, 7) is 4.33. The lowest BCUT2D eigenvalue weighted by Crippen LogP contribution is -2.43. The van der Waals surface area contributed by atoms with Crippen molar-refractivity contribution in [3.63, 3.8) is 0 Å². The number of nitrogens with zero attached hydrogens (tertiary/aromatic N) is 4. The number of hydrogen-bond donors (Lipinski definition) is 4. The number of imidazole rings is 1. The molecule has 3 heterocycles. The lowest BCUT2D eigenvalue weighted by molar-refractivity contribution is 0.222. The normalized spacial score (nSPS) is 14.4. The van der Waals surface area contributed by atoms with E-state index >= 15 is 0 Å². The number of fused-ring (bicyclic) bond motifs is 1. The van der Waals surface area contributed by atoms with Gasteiger partial charge >= 0.3 is 0 Å². The number of pyridine rings is 1. The van der Waals surface area contributed by atoms with Crippen molar-refractivity contribution in [2.75, 3.05) is 49.2 Å². The minimum atomic E-state index is -0.223. The van der Waals surface area contributed by atoms with Crippen LogP contribution in [-0.2, 0) is 6.54 Å². The van der Waals surface area contributed by atoms with Crippen molar-refractivity contribution in [3.8, 4) is 0 Å². The highest BCUT2D eigenvalue weighted by atomic mass is 32.1. The third-order valence-electron chi connectivity index (χ3n) is 6.88. The maximum absolute atomic E-state index is 13.4. The Morgan fingerprint density at radius 2 is 1.84 bits per heavy atom. The van der Waals surface area contributed by atoms with Gasteiger partial charge in [-0.1, -0.05) is 24.3 Å². The first-order chi connectivity index (χ1) is 18.6. The number of likely N-dealkylation sites (tertiary alicyclic amines) is 1. The van der Waals surface area contributed by atoms with Gasteiger partial charge in [0.25, 0.3) is 0 Å². The standard InChI is InChI=1S/C28H33FN8S/c1-30-23-10-13-31-18-25(23)35-28(38)32-14-17-36-15-11-22(12-16-36)33-27-34-24-4-2-3-5-26(24)37(27)19-20-6-8-21(29)9-7-20/h2-10,13,18,22H,11-12,14-17,19H2,1H3,(H,30,31)(H,33,34)(H2,32,35,38). The van der Waals surface area contributed by atoms with Crippen molar-refractivity contribution in [1.82, 2.24) is 24.8 Å². The van der Waals surface area contributed by atoms with E-state index in [2.05, 4.69) is 41.8 Å². The first-order valence-electron chi connectivity index (χ1n) is 12.9. The molecule has 4 N–H and O–H groups in total. The molecule has 10 heteroatoms. The van der Waals surface area contributed by atoms with Crippen molar-refractivity contribution in [1.29, 1.82) is 0 Å². The average molecular weight is 533 g/mol. The van der Waals surface area contributed by atoms with Crippen LogP contribution in [0.1, 0.15) is 18.4 Å². The molecule has 0 radical (unpaired) electrons. The maximum atomic E-state index is 13.4. The molecule has 2 aromatic carbocycles. The summed E-state index contributed by atoms with van der Waals surface area (Å²) in [6.07, 6.45) is 5.56. The van der Waals surface area contributed by atoms with E-state index in [0.717, 1.165) is 72.9 Å². The average Bonchev–Trinajstić information content (AvgIpc) is 3.27. The second-order valence-corrected chi connectivity index (χ2v) is 9.86. The summed E-state index contributed by atoms with van der Waals surface area (Å²) in [5.74, 6) is 0.641. The number of nitrogens with one attached hydrogen (secondary N) is 4. The summed E-state index contributed by atoms with van der Waals surface area (Å²) in [4.78, 5) is 11.5. The maximum Gasteiger partial charge on any atom is 0.204 e. The number of para-hydroxylation sites is 2. The third kappa shape index (κ3) is 6.38. The smallest absolute Gasteiger partial charge is 0.204 e. The summed E-state index contributed by atoms with van der Waals surface area (Å²) in [6, 6.07) is 17.1. The van der Waals surface area contributed by atoms with E-state index in [1.165, 1.54) is 12.1 Å². The molecule has 2 aromatic heterocycles. The van der Waals surface area contributed by atoms with E-state index in [1.54, 1.807) is 12.4 Å². The number of rotatable bonds is 9. The van der Waals surface area contributed by atoms with Crippen LogP contribution in [0.15, 0.2) is 67.0 Å². The van der Waals surface area contributed by atoms with E-state index in [9.17, 15) is 4.39 Å². The SMILES string of the molecule is CNc1ccncc1NC(=S)NCCN1CCC(Nc2nc3ccccc3n2Cc2ccc(F)cc2)CC1. The summed E-state index contributed by atoms with van der Waals surface area (Å²) >= 11 is 5.46. The second-order valence-electron chi connectivity index (χ2n) is 9.45. The van der Waals surface area contributed by atoms with Crippen LogP contribution in [0.5, 0.6) is 0 Å². The molecule has 4 aromatic rings. The van der Waals surface area contributed by atoms with Gasteiger partial charge in [0.2, 0.25) is 5.95 Å². The van der Waals surface area contributed by atoms with Gasteiger partial charge in [-0.05, 0) is 61.0 Å². The highest BCUT2D eigenvalue weighted by Gasteiger charge is 2.21. The van der Waals surface area contributed by atoms with Gasteiger partial charge in [-0.25, -0.2) is 9.37 Å². The Labute approximate surface area is 227 Å². The molecule has 0 saturated carbocycles. The topological polar surface area (TPSA) is 82.1 Å². The van der Waals surface area contributed by atoms with Gasteiger partial charge < -0.3 is 30.7 Å². The molecule has 5 rings (SSSR count). The minimum Gasteiger partial charge on any atom is -0.386 e. The van der Waals surface area contributed by atoms with Crippen LogP contribution in [0.25, 0.3) is 11.0 Å². The van der Waals surface area contributed by atoms with Crippen LogP contribution in [0.4, 0.5) is 21.7 Å². The molecule has 1 fully saturated rings. The lowest BCUT2D eigenvalue weighted by atomic mass is 10.1. The highest BCUT2D eigenvalue weighted by Crippen LogP contribution is 2.24. The molecule has 0 unspecified atom stereocenters. The molecular weight excluding hydrogens is 499 g/mol. The first kappa shape index (κ1) is 25.9. The predicted molar refractivity (Wildman–Crippen MR) is 156 cm³/mol. The van der Waals surface area contributed by atoms with Crippen molar-refractivity contribution < 1.29 is 4.39 Å². The van der Waals surface area contributed by atoms with Gasteiger partial charge in [0, 0.05) is 45.5 Å². The Bertz CT molecular complexity index is 1370. The van der Waals surface area contributed by atoms with Gasteiger partial charge in [-0.15, -0.1) is 0 Å². The molecule has 0 spiro atoms. The summed E-state index contributed by atoms with van der Waals surface area (Å²) < 4.78 is 15.6. The van der Waals surface area contributed by atoms with Crippen LogP contribution in [-0.4, -0.2) is 63.8 Å². The number of benzene rings is 2. The molecule has 1 saturated heterocycles. The Kier molecular flexibility index (Phi) is 8.30. The minimum absolute atomic E-state index is 0.223. The molecule has 1 aliphatic heterocycles. The summed E-state index contributed by atoms with van der Waals surface area (Å²) in [5, 5.41) is 13.9. The molecule has 0 amide bonds. The number of aromatic nitrogens is 3. The zero-order valence-electron chi connectivity index (χ0n) is 21.5. The quantitative estimate of drug-likeness (QED) is 0.234. The highest BCUT2D eigenvalue weighted by molar-refractivity contribution is 7.80. The molecule has 0 atom stereocenters.